The molecule has 2 aromatic carbocycles. The Bertz CT molecular complexity index is 967. The van der Waals surface area contributed by atoms with Crippen molar-refractivity contribution >= 4 is 11.6 Å². The van der Waals surface area contributed by atoms with Crippen LogP contribution < -0.4 is 15.8 Å². The molecule has 2 fully saturated rings. The Balaban J connectivity index is 1.24. The zero-order valence-electron chi connectivity index (χ0n) is 20.8. The third-order valence-corrected chi connectivity index (χ3v) is 7.86. The molecule has 1 aliphatic carbocycles. The molecule has 0 bridgehead atoms. The molecule has 33 heavy (non-hydrogen) atoms. The van der Waals surface area contributed by atoms with E-state index in [0.29, 0.717) is 0 Å². The van der Waals surface area contributed by atoms with Crippen molar-refractivity contribution in [2.24, 2.45) is 5.92 Å². The molecule has 3 N–H and O–H groups in total. The molecule has 2 aliphatic rings. The molecular weight excluding hydrogens is 410 g/mol. The summed E-state index contributed by atoms with van der Waals surface area (Å²) in [6.07, 6.45) is 2.76. The minimum absolute atomic E-state index is 0.0364. The summed E-state index contributed by atoms with van der Waals surface area (Å²) in [6.45, 7) is 13.1. The molecule has 1 saturated carbocycles. The molecule has 1 heterocycles. The second-order valence-corrected chi connectivity index (χ2v) is 10.1. The maximum absolute atomic E-state index is 12.9. The fourth-order valence-corrected chi connectivity index (χ4v) is 5.18. The van der Waals surface area contributed by atoms with E-state index in [1.165, 1.54) is 18.5 Å². The number of amides is 1. The van der Waals surface area contributed by atoms with Crippen LogP contribution in [0.2, 0.25) is 0 Å². The number of nitrogens with two attached hydrogens (primary N) is 1. The molecule has 0 spiro atoms. The molecule has 2 aromatic rings. The predicted octanol–water partition coefficient (Wildman–Crippen LogP) is 4.65. The number of likely N-dealkylation sites (tertiary alicyclic amines) is 1. The summed E-state index contributed by atoms with van der Waals surface area (Å²) in [5.41, 5.74) is 12.6. The Morgan fingerprint density at radius 3 is 2.27 bits per heavy atom. The van der Waals surface area contributed by atoms with Gasteiger partial charge >= 0.3 is 0 Å². The van der Waals surface area contributed by atoms with E-state index in [1.807, 2.05) is 34.6 Å². The number of anilines is 1. The average Bonchev–Trinajstić information content (AvgIpc) is 3.60. The number of piperidine rings is 1. The van der Waals surface area contributed by atoms with Gasteiger partial charge in [-0.15, -0.1) is 0 Å². The number of nitrogens with one attached hydrogen (secondary N) is 1. The van der Waals surface area contributed by atoms with Crippen molar-refractivity contribution in [3.63, 3.8) is 0 Å². The van der Waals surface area contributed by atoms with Crippen LogP contribution in [-0.2, 0) is 4.79 Å². The summed E-state index contributed by atoms with van der Waals surface area (Å²) in [4.78, 5) is 15.4. The first-order valence-corrected chi connectivity index (χ1v) is 12.4. The van der Waals surface area contributed by atoms with Crippen molar-refractivity contribution in [2.75, 3.05) is 25.4 Å². The van der Waals surface area contributed by atoms with Crippen LogP contribution in [0.4, 0.5) is 5.69 Å². The number of rotatable bonds is 7. The Labute approximate surface area is 198 Å². The molecule has 5 heteroatoms. The maximum atomic E-state index is 12.9. The molecule has 1 amide bonds. The van der Waals surface area contributed by atoms with Gasteiger partial charge in [-0.1, -0.05) is 30.3 Å². The second-order valence-electron chi connectivity index (χ2n) is 10.1. The highest BCUT2D eigenvalue weighted by molar-refractivity contribution is 5.81. The molecule has 5 nitrogen and oxygen atoms in total. The second kappa shape index (κ2) is 9.76. The van der Waals surface area contributed by atoms with Crippen LogP contribution in [-0.4, -0.2) is 42.6 Å². The van der Waals surface area contributed by atoms with E-state index in [2.05, 4.69) is 40.5 Å². The number of hydrogen-bond acceptors (Lipinski definition) is 4. The van der Waals surface area contributed by atoms with Gasteiger partial charge in [0, 0.05) is 31.4 Å². The Kier molecular flexibility index (Phi) is 6.99. The molecule has 3 atom stereocenters. The predicted molar refractivity (Wildman–Crippen MR) is 135 cm³/mol. The topological polar surface area (TPSA) is 67.6 Å². The molecule has 0 radical (unpaired) electrons. The van der Waals surface area contributed by atoms with Crippen LogP contribution in [0, 0.1) is 33.6 Å². The lowest BCUT2D eigenvalue weighted by atomic mass is 9.97. The van der Waals surface area contributed by atoms with Crippen molar-refractivity contribution in [2.45, 2.75) is 71.9 Å². The van der Waals surface area contributed by atoms with Crippen molar-refractivity contribution in [1.82, 2.24) is 10.2 Å². The first-order chi connectivity index (χ1) is 15.8. The summed E-state index contributed by atoms with van der Waals surface area (Å²) in [7, 11) is 0. The van der Waals surface area contributed by atoms with E-state index >= 15 is 0 Å². The van der Waals surface area contributed by atoms with Gasteiger partial charge in [0.15, 0.2) is 6.10 Å². The molecular formula is C28H39N3O2. The summed E-state index contributed by atoms with van der Waals surface area (Å²) in [5.74, 6) is 2.26. The molecule has 4 rings (SSSR count). The summed E-state index contributed by atoms with van der Waals surface area (Å²) in [5, 5.41) is 3.23. The van der Waals surface area contributed by atoms with E-state index in [-0.39, 0.29) is 11.9 Å². The summed E-state index contributed by atoms with van der Waals surface area (Å²) in [6, 6.07) is 11.1. The lowest BCUT2D eigenvalue weighted by Crippen LogP contribution is -2.48. The number of benzene rings is 2. The van der Waals surface area contributed by atoms with Crippen LogP contribution in [0.3, 0.4) is 0 Å². The summed E-state index contributed by atoms with van der Waals surface area (Å²) >= 11 is 0. The van der Waals surface area contributed by atoms with E-state index < -0.39 is 6.10 Å². The number of carbonyl (C=O) groups is 1. The Morgan fingerprint density at radius 2 is 1.67 bits per heavy atom. The maximum Gasteiger partial charge on any atom is 0.260 e. The van der Waals surface area contributed by atoms with E-state index in [1.54, 1.807) is 0 Å². The molecule has 1 aliphatic heterocycles. The fraction of sp³-hybridized carbons (Fsp3) is 0.536. The highest BCUT2D eigenvalue weighted by Crippen LogP contribution is 2.47. The van der Waals surface area contributed by atoms with E-state index in [4.69, 9.17) is 10.5 Å². The number of nitrogen functional groups attached to an aromatic ring is 1. The van der Waals surface area contributed by atoms with Gasteiger partial charge in [0.05, 0.1) is 0 Å². The average molecular weight is 450 g/mol. The monoisotopic (exact) mass is 449 g/mol. The van der Waals surface area contributed by atoms with Crippen LogP contribution in [0.15, 0.2) is 30.3 Å². The third-order valence-electron chi connectivity index (χ3n) is 7.86. The van der Waals surface area contributed by atoms with Gasteiger partial charge < -0.3 is 20.7 Å². The largest absolute Gasteiger partial charge is 0.480 e. The van der Waals surface area contributed by atoms with Gasteiger partial charge in [0.1, 0.15) is 5.75 Å². The number of hydrogen-bond donors (Lipinski definition) is 2. The van der Waals surface area contributed by atoms with Crippen molar-refractivity contribution in [1.29, 1.82) is 0 Å². The Morgan fingerprint density at radius 1 is 1.06 bits per heavy atom. The van der Waals surface area contributed by atoms with Gasteiger partial charge in [-0.2, -0.15) is 0 Å². The van der Waals surface area contributed by atoms with Crippen LogP contribution in [0.5, 0.6) is 5.75 Å². The van der Waals surface area contributed by atoms with Crippen molar-refractivity contribution in [3.05, 3.63) is 58.1 Å². The third kappa shape index (κ3) is 5.19. The van der Waals surface area contributed by atoms with Gasteiger partial charge in [-0.05, 0) is 93.5 Å². The highest BCUT2D eigenvalue weighted by atomic mass is 16.5. The van der Waals surface area contributed by atoms with Gasteiger partial charge in [-0.25, -0.2) is 0 Å². The SMILES string of the molecule is Cc1c(C)c(OC(C)C(=O)NC2CCN(CC3CC3c3ccccc3)CC2)c(C)c(C)c1N. The normalized spacial score (nSPS) is 22.1. The lowest BCUT2D eigenvalue weighted by Gasteiger charge is -2.33. The standard InChI is InChI=1S/C28H39N3O2/c1-17-19(3)27(20(4)18(2)26(17)29)33-21(5)28(32)30-24-11-13-31(14-12-24)16-23-15-25(23)22-9-7-6-8-10-22/h6-10,21,23-25H,11-16,29H2,1-5H3,(H,30,32). The number of ether oxygens (including phenoxy) is 1. The van der Waals surface area contributed by atoms with E-state index in [0.717, 1.165) is 71.5 Å². The first kappa shape index (κ1) is 23.6. The molecule has 0 aromatic heterocycles. The van der Waals surface area contributed by atoms with E-state index in [9.17, 15) is 4.79 Å². The molecule has 1 saturated heterocycles. The van der Waals surface area contributed by atoms with Crippen molar-refractivity contribution < 1.29 is 9.53 Å². The smallest absolute Gasteiger partial charge is 0.260 e. The van der Waals surface area contributed by atoms with Crippen molar-refractivity contribution in [3.8, 4) is 5.75 Å². The quantitative estimate of drug-likeness (QED) is 0.604. The zero-order chi connectivity index (χ0) is 23.7. The number of nitrogens with zero attached hydrogens (tertiary/aromatic N) is 1. The zero-order valence-corrected chi connectivity index (χ0v) is 20.8. The van der Waals surface area contributed by atoms with Gasteiger partial charge in [-0.3, -0.25) is 4.79 Å². The molecule has 178 valence electrons. The minimum Gasteiger partial charge on any atom is -0.480 e. The first-order valence-electron chi connectivity index (χ1n) is 12.4. The minimum atomic E-state index is -0.541. The van der Waals surface area contributed by atoms with Gasteiger partial charge in [0.25, 0.3) is 5.91 Å². The number of carbonyl (C=O) groups excluding carboxylic acids is 1. The summed E-state index contributed by atoms with van der Waals surface area (Å²) < 4.78 is 6.15. The Hall–Kier alpha value is -2.53. The molecule has 3 unspecified atom stereocenters. The highest BCUT2D eigenvalue weighted by Gasteiger charge is 2.39. The van der Waals surface area contributed by atoms with Crippen LogP contribution >= 0.6 is 0 Å². The van der Waals surface area contributed by atoms with Crippen LogP contribution in [0.1, 0.15) is 59.9 Å². The van der Waals surface area contributed by atoms with Crippen LogP contribution in [0.25, 0.3) is 0 Å². The fourth-order valence-electron chi connectivity index (χ4n) is 5.18. The van der Waals surface area contributed by atoms with Gasteiger partial charge in [0.2, 0.25) is 0 Å². The lowest BCUT2D eigenvalue weighted by molar-refractivity contribution is -0.128.